The number of carbonyl (C=O) groups excluding carboxylic acids is 1. The van der Waals surface area contributed by atoms with Crippen LogP contribution in [0.5, 0.6) is 0 Å². The molecule has 1 rings (SSSR count). The van der Waals surface area contributed by atoms with E-state index < -0.39 is 9.73 Å². The Morgan fingerprint density at radius 2 is 2.00 bits per heavy atom. The molecule has 0 bridgehead atoms. The zero-order valence-corrected chi connectivity index (χ0v) is 8.13. The molecule has 2 N–H and O–H groups in total. The second-order valence-corrected chi connectivity index (χ2v) is 6.08. The summed E-state index contributed by atoms with van der Waals surface area (Å²) in [6, 6.07) is 0.138. The van der Waals surface area contributed by atoms with Crippen molar-refractivity contribution in [3.8, 4) is 0 Å². The third-order valence-corrected chi connectivity index (χ3v) is 2.45. The van der Waals surface area contributed by atoms with Crippen LogP contribution in [0.3, 0.4) is 0 Å². The molecule has 70 valence electrons. The van der Waals surface area contributed by atoms with Crippen LogP contribution in [0.4, 0.5) is 0 Å². The highest BCUT2D eigenvalue weighted by Gasteiger charge is 2.32. The minimum atomic E-state index is -2.28. The first-order valence-corrected chi connectivity index (χ1v) is 6.18. The molecular weight excluding hydrogens is 176 g/mol. The molecule has 1 amide bonds. The second-order valence-electron chi connectivity index (χ2n) is 3.54. The first kappa shape index (κ1) is 9.67. The Labute approximate surface area is 72.7 Å². The fourth-order valence-electron chi connectivity index (χ4n) is 1.15. The van der Waals surface area contributed by atoms with E-state index in [4.69, 9.17) is 5.73 Å². The zero-order valence-electron chi connectivity index (χ0n) is 7.32. The average Bonchev–Trinajstić information content (AvgIpc) is 1.76. The number of hydrogen-bond donors (Lipinski definition) is 1. The van der Waals surface area contributed by atoms with Crippen molar-refractivity contribution in [1.82, 2.24) is 0 Å². The maximum absolute atomic E-state index is 11.2. The van der Waals surface area contributed by atoms with Crippen LogP contribution in [-0.4, -0.2) is 28.7 Å². The van der Waals surface area contributed by atoms with Crippen LogP contribution in [0.25, 0.3) is 0 Å². The SMILES string of the molecule is CS(C)(=O)=NC(=O)C1CC(N)C1. The number of rotatable bonds is 1. The number of amides is 1. The molecule has 0 aromatic rings. The van der Waals surface area contributed by atoms with E-state index in [1.807, 2.05) is 0 Å². The largest absolute Gasteiger partial charge is 0.328 e. The summed E-state index contributed by atoms with van der Waals surface area (Å²) in [4.78, 5) is 11.2. The smallest absolute Gasteiger partial charge is 0.256 e. The third kappa shape index (κ3) is 2.57. The van der Waals surface area contributed by atoms with Crippen LogP contribution < -0.4 is 5.73 Å². The van der Waals surface area contributed by atoms with Crippen molar-refractivity contribution in [2.45, 2.75) is 18.9 Å². The van der Waals surface area contributed by atoms with Crippen molar-refractivity contribution >= 4 is 15.6 Å². The van der Waals surface area contributed by atoms with Crippen molar-refractivity contribution in [3.63, 3.8) is 0 Å². The predicted molar refractivity (Wildman–Crippen MR) is 48.1 cm³/mol. The van der Waals surface area contributed by atoms with Crippen molar-refractivity contribution in [2.24, 2.45) is 16.0 Å². The van der Waals surface area contributed by atoms with Crippen LogP contribution in [0.1, 0.15) is 12.8 Å². The highest BCUT2D eigenvalue weighted by atomic mass is 32.2. The quantitative estimate of drug-likeness (QED) is 0.631. The monoisotopic (exact) mass is 190 g/mol. The molecule has 0 heterocycles. The van der Waals surface area contributed by atoms with Gasteiger partial charge in [0, 0.05) is 34.2 Å². The van der Waals surface area contributed by atoms with E-state index in [-0.39, 0.29) is 17.9 Å². The van der Waals surface area contributed by atoms with Gasteiger partial charge in [-0.2, -0.15) is 4.36 Å². The Morgan fingerprint density at radius 3 is 2.33 bits per heavy atom. The summed E-state index contributed by atoms with van der Waals surface area (Å²) in [7, 11) is -2.28. The van der Waals surface area contributed by atoms with Gasteiger partial charge in [0.15, 0.2) is 0 Å². The minimum Gasteiger partial charge on any atom is -0.328 e. The van der Waals surface area contributed by atoms with Crippen molar-refractivity contribution in [3.05, 3.63) is 0 Å². The zero-order chi connectivity index (χ0) is 9.35. The van der Waals surface area contributed by atoms with Gasteiger partial charge in [-0.25, -0.2) is 4.21 Å². The van der Waals surface area contributed by atoms with E-state index in [1.165, 1.54) is 12.5 Å². The van der Waals surface area contributed by atoms with Crippen molar-refractivity contribution in [2.75, 3.05) is 12.5 Å². The van der Waals surface area contributed by atoms with Gasteiger partial charge < -0.3 is 5.73 Å². The van der Waals surface area contributed by atoms with E-state index in [0.29, 0.717) is 12.8 Å². The van der Waals surface area contributed by atoms with Gasteiger partial charge in [-0.05, 0) is 12.8 Å². The van der Waals surface area contributed by atoms with E-state index >= 15 is 0 Å². The van der Waals surface area contributed by atoms with Gasteiger partial charge in [-0.1, -0.05) is 0 Å². The summed E-state index contributed by atoms with van der Waals surface area (Å²) in [5, 5.41) is 0. The minimum absolute atomic E-state index is 0.0688. The maximum atomic E-state index is 11.2. The predicted octanol–water partition coefficient (Wildman–Crippen LogP) is -0.0221. The van der Waals surface area contributed by atoms with E-state index in [9.17, 15) is 9.00 Å². The van der Waals surface area contributed by atoms with Crippen LogP contribution in [0.2, 0.25) is 0 Å². The summed E-state index contributed by atoms with van der Waals surface area (Å²) < 4.78 is 14.7. The molecule has 0 aromatic heterocycles. The fraction of sp³-hybridized carbons (Fsp3) is 0.857. The highest BCUT2D eigenvalue weighted by Crippen LogP contribution is 2.26. The van der Waals surface area contributed by atoms with E-state index in [0.717, 1.165) is 0 Å². The first-order chi connectivity index (χ1) is 5.38. The van der Waals surface area contributed by atoms with Crippen LogP contribution in [0.15, 0.2) is 4.36 Å². The standard InChI is InChI=1S/C7H14N2O2S/c1-12(2,11)9-7(10)5-3-6(8)4-5/h5-6H,3-4,8H2,1-2H3. The molecular formula is C7H14N2O2S. The molecule has 12 heavy (non-hydrogen) atoms. The summed E-state index contributed by atoms with van der Waals surface area (Å²) in [6.07, 6.45) is 4.31. The van der Waals surface area contributed by atoms with Gasteiger partial charge in [0.05, 0.1) is 0 Å². The van der Waals surface area contributed by atoms with E-state index in [2.05, 4.69) is 4.36 Å². The molecule has 0 aromatic carbocycles. The third-order valence-electron chi connectivity index (χ3n) is 1.83. The van der Waals surface area contributed by atoms with Crippen molar-refractivity contribution in [1.29, 1.82) is 0 Å². The number of nitrogens with two attached hydrogens (primary N) is 1. The lowest BCUT2D eigenvalue weighted by Gasteiger charge is -2.29. The Hall–Kier alpha value is -0.420. The van der Waals surface area contributed by atoms with Gasteiger partial charge in [0.25, 0.3) is 5.91 Å². The second kappa shape index (κ2) is 3.14. The Morgan fingerprint density at radius 1 is 1.50 bits per heavy atom. The Balaban J connectivity index is 2.57. The molecule has 0 aliphatic heterocycles. The van der Waals surface area contributed by atoms with Crippen LogP contribution in [-0.2, 0) is 14.5 Å². The number of nitrogens with zero attached hydrogens (tertiary/aromatic N) is 1. The first-order valence-electron chi connectivity index (χ1n) is 3.85. The van der Waals surface area contributed by atoms with E-state index in [1.54, 1.807) is 0 Å². The maximum Gasteiger partial charge on any atom is 0.256 e. The van der Waals surface area contributed by atoms with Gasteiger partial charge in [-0.3, -0.25) is 4.79 Å². The summed E-state index contributed by atoms with van der Waals surface area (Å²) in [5.41, 5.74) is 5.51. The molecule has 1 saturated carbocycles. The molecule has 0 unspecified atom stereocenters. The number of carbonyl (C=O) groups is 1. The molecule has 0 saturated heterocycles. The molecule has 0 atom stereocenters. The lowest BCUT2D eigenvalue weighted by molar-refractivity contribution is -0.124. The van der Waals surface area contributed by atoms with Gasteiger partial charge in [0.2, 0.25) is 0 Å². The highest BCUT2D eigenvalue weighted by molar-refractivity contribution is 7.92. The summed E-state index contributed by atoms with van der Waals surface area (Å²) in [6.45, 7) is 0. The molecule has 0 spiro atoms. The average molecular weight is 190 g/mol. The Kier molecular flexibility index (Phi) is 2.53. The normalized spacial score (nSPS) is 29.2. The lowest BCUT2D eigenvalue weighted by Crippen LogP contribution is -2.40. The van der Waals surface area contributed by atoms with Crippen LogP contribution >= 0.6 is 0 Å². The molecule has 4 nitrogen and oxygen atoms in total. The topological polar surface area (TPSA) is 72.5 Å². The fourth-order valence-corrected chi connectivity index (χ4v) is 1.74. The molecule has 1 aliphatic rings. The van der Waals surface area contributed by atoms with Crippen molar-refractivity contribution < 1.29 is 9.00 Å². The molecule has 0 radical (unpaired) electrons. The van der Waals surface area contributed by atoms with Gasteiger partial charge in [-0.15, -0.1) is 0 Å². The van der Waals surface area contributed by atoms with Gasteiger partial charge in [0.1, 0.15) is 0 Å². The number of hydrogen-bond acceptors (Lipinski definition) is 3. The molecule has 1 fully saturated rings. The summed E-state index contributed by atoms with van der Waals surface area (Å²) in [5.74, 6) is -0.313. The van der Waals surface area contributed by atoms with Gasteiger partial charge >= 0.3 is 0 Å². The molecule has 1 aliphatic carbocycles. The van der Waals surface area contributed by atoms with Crippen LogP contribution in [0, 0.1) is 5.92 Å². The lowest BCUT2D eigenvalue weighted by atomic mass is 9.80. The summed E-state index contributed by atoms with van der Waals surface area (Å²) >= 11 is 0. The Bertz CT molecular complexity index is 291. The molecule has 5 heteroatoms.